The van der Waals surface area contributed by atoms with Crippen molar-refractivity contribution in [2.24, 2.45) is 0 Å². The molecule has 2 aromatic rings. The zero-order valence-electron chi connectivity index (χ0n) is 19.6. The summed E-state index contributed by atoms with van der Waals surface area (Å²) in [4.78, 5) is 48.9. The van der Waals surface area contributed by atoms with Gasteiger partial charge in [-0.3, -0.25) is 14.4 Å². The largest absolute Gasteiger partial charge is 0.508 e. The molecule has 6 N–H and O–H groups in total. The van der Waals surface area contributed by atoms with E-state index in [4.69, 9.17) is 11.6 Å². The van der Waals surface area contributed by atoms with Crippen LogP contribution in [0.3, 0.4) is 0 Å². The van der Waals surface area contributed by atoms with E-state index in [2.05, 4.69) is 21.3 Å². The van der Waals surface area contributed by atoms with Crippen LogP contribution in [-0.4, -0.2) is 59.1 Å². The van der Waals surface area contributed by atoms with Crippen LogP contribution in [0.5, 0.6) is 5.75 Å². The summed E-state index contributed by atoms with van der Waals surface area (Å²) in [6, 6.07) is 9.01. The number of nitrogens with one attached hydrogen (secondary N) is 4. The molecular weight excluding hydrogens is 488 g/mol. The number of carbonyl (C=O) groups excluding carboxylic acids is 3. The van der Waals surface area contributed by atoms with Crippen LogP contribution >= 0.6 is 11.6 Å². The summed E-state index contributed by atoms with van der Waals surface area (Å²) < 4.78 is 0. The van der Waals surface area contributed by atoms with Gasteiger partial charge in [-0.2, -0.15) is 0 Å². The summed E-state index contributed by atoms with van der Waals surface area (Å²) >= 11 is 6.22. The lowest BCUT2D eigenvalue weighted by Crippen LogP contribution is -2.48. The maximum Gasteiger partial charge on any atom is 0.326 e. The first-order chi connectivity index (χ1) is 17.2. The number of piperidine rings is 1. The lowest BCUT2D eigenvalue weighted by atomic mass is 10.0. The van der Waals surface area contributed by atoms with Gasteiger partial charge in [-0.15, -0.1) is 0 Å². The third kappa shape index (κ3) is 7.69. The van der Waals surface area contributed by atoms with E-state index in [0.717, 1.165) is 25.8 Å². The Morgan fingerprint density at radius 1 is 1.06 bits per heavy atom. The zero-order chi connectivity index (χ0) is 26.1. The minimum Gasteiger partial charge on any atom is -0.508 e. The van der Waals surface area contributed by atoms with Crippen molar-refractivity contribution in [3.8, 4) is 5.75 Å². The monoisotopic (exact) mass is 516 g/mol. The average molecular weight is 517 g/mol. The Bertz CT molecular complexity index is 1120. The predicted octanol–water partition coefficient (Wildman–Crippen LogP) is 1.81. The molecular formula is C25H29ClN4O6. The molecule has 0 spiro atoms. The second kappa shape index (κ2) is 12.9. The molecule has 192 valence electrons. The molecule has 0 aromatic heterocycles. The molecule has 2 atom stereocenters. The van der Waals surface area contributed by atoms with Crippen LogP contribution in [0, 0.1) is 0 Å². The summed E-state index contributed by atoms with van der Waals surface area (Å²) in [6.45, 7) is 1.03. The highest BCUT2D eigenvalue weighted by atomic mass is 35.5. The number of aromatic hydroxyl groups is 1. The van der Waals surface area contributed by atoms with Crippen molar-refractivity contribution in [1.29, 1.82) is 0 Å². The van der Waals surface area contributed by atoms with Crippen LogP contribution in [0.15, 0.2) is 42.5 Å². The Labute approximate surface area is 213 Å². The number of amides is 3. The van der Waals surface area contributed by atoms with Crippen LogP contribution in [0.4, 0.5) is 0 Å². The fourth-order valence-electron chi connectivity index (χ4n) is 3.82. The summed E-state index contributed by atoms with van der Waals surface area (Å²) in [5.41, 5.74) is 0.935. The molecule has 0 bridgehead atoms. The summed E-state index contributed by atoms with van der Waals surface area (Å²) in [5, 5.41) is 29.9. The first-order valence-electron chi connectivity index (χ1n) is 11.6. The Hall–Kier alpha value is -3.63. The van der Waals surface area contributed by atoms with Gasteiger partial charge in [0.2, 0.25) is 5.91 Å². The van der Waals surface area contributed by atoms with Crippen molar-refractivity contribution in [2.75, 3.05) is 13.1 Å². The van der Waals surface area contributed by atoms with E-state index >= 15 is 0 Å². The number of aliphatic carboxylic acids is 1. The van der Waals surface area contributed by atoms with Crippen molar-refractivity contribution in [1.82, 2.24) is 21.3 Å². The van der Waals surface area contributed by atoms with Gasteiger partial charge in [0.15, 0.2) is 0 Å². The number of phenols is 1. The number of carbonyl (C=O) groups is 4. The Morgan fingerprint density at radius 3 is 2.53 bits per heavy atom. The Kier molecular flexibility index (Phi) is 9.66. The third-order valence-electron chi connectivity index (χ3n) is 5.80. The van der Waals surface area contributed by atoms with Gasteiger partial charge in [0.1, 0.15) is 11.8 Å². The molecule has 1 fully saturated rings. The van der Waals surface area contributed by atoms with Crippen molar-refractivity contribution >= 4 is 35.3 Å². The molecule has 1 aliphatic rings. The third-order valence-corrected chi connectivity index (χ3v) is 6.11. The minimum atomic E-state index is -1.24. The molecule has 1 heterocycles. The maximum atomic E-state index is 12.7. The van der Waals surface area contributed by atoms with Gasteiger partial charge in [0.25, 0.3) is 11.8 Å². The van der Waals surface area contributed by atoms with Crippen molar-refractivity contribution in [3.63, 3.8) is 0 Å². The molecule has 3 amide bonds. The first-order valence-corrected chi connectivity index (χ1v) is 12.0. The molecule has 0 saturated carbocycles. The molecule has 11 heteroatoms. The van der Waals surface area contributed by atoms with Gasteiger partial charge in [-0.05, 0) is 61.7 Å². The van der Waals surface area contributed by atoms with E-state index in [9.17, 15) is 29.4 Å². The normalized spacial score (nSPS) is 16.0. The average Bonchev–Trinajstić information content (AvgIpc) is 2.86. The van der Waals surface area contributed by atoms with Crippen LogP contribution in [0.2, 0.25) is 5.02 Å². The Morgan fingerprint density at radius 2 is 1.86 bits per heavy atom. The van der Waals surface area contributed by atoms with Crippen LogP contribution < -0.4 is 21.3 Å². The number of rotatable bonds is 10. The lowest BCUT2D eigenvalue weighted by molar-refractivity contribution is -0.139. The molecule has 0 radical (unpaired) electrons. The number of carboxylic acids is 1. The molecule has 36 heavy (non-hydrogen) atoms. The standard InChI is InChI=1S/C25H29ClN4O6/c26-19-13-16(22(32)29-14-15-4-3-5-17(31)12-15)7-8-18(19)23(33)30-21(25(35)36)9-11-28-24(34)20-6-1-2-10-27-20/h3-5,7-8,12-13,20-21,27,31H,1-2,6,9-11,14H2,(H,28,34)(H,29,32)(H,30,33)(H,35,36)/t20?,21-/m0/s1. The van der Waals surface area contributed by atoms with Crippen molar-refractivity contribution < 1.29 is 29.4 Å². The maximum absolute atomic E-state index is 12.7. The number of benzene rings is 2. The number of halogens is 1. The van der Waals surface area contributed by atoms with E-state index in [-0.39, 0.29) is 53.4 Å². The SMILES string of the molecule is O=C(NCc1cccc(O)c1)c1ccc(C(=O)N[C@@H](CCNC(=O)C2CCCCN2)C(=O)O)c(Cl)c1. The van der Waals surface area contributed by atoms with E-state index in [1.807, 2.05) is 0 Å². The molecule has 1 unspecified atom stereocenters. The molecule has 1 aliphatic heterocycles. The minimum absolute atomic E-state index is 0.00726. The van der Waals surface area contributed by atoms with Crippen molar-refractivity contribution in [2.45, 2.75) is 44.3 Å². The van der Waals surface area contributed by atoms with Gasteiger partial charge >= 0.3 is 5.97 Å². The summed E-state index contributed by atoms with van der Waals surface area (Å²) in [6.07, 6.45) is 2.70. The van der Waals surface area contributed by atoms with Crippen LogP contribution in [-0.2, 0) is 16.1 Å². The second-order valence-electron chi connectivity index (χ2n) is 8.49. The number of carboxylic acid groups (broad SMARTS) is 1. The van der Waals surface area contributed by atoms with Gasteiger partial charge in [0, 0.05) is 18.7 Å². The van der Waals surface area contributed by atoms with E-state index < -0.39 is 23.8 Å². The zero-order valence-corrected chi connectivity index (χ0v) is 20.3. The number of phenolic OH excluding ortho intramolecular Hbond substituents is 1. The lowest BCUT2D eigenvalue weighted by Gasteiger charge is -2.23. The molecule has 3 rings (SSSR count). The highest BCUT2D eigenvalue weighted by Crippen LogP contribution is 2.19. The van der Waals surface area contributed by atoms with E-state index in [1.54, 1.807) is 12.1 Å². The topological polar surface area (TPSA) is 157 Å². The second-order valence-corrected chi connectivity index (χ2v) is 8.90. The van der Waals surface area contributed by atoms with Crippen LogP contribution in [0.25, 0.3) is 0 Å². The van der Waals surface area contributed by atoms with Crippen molar-refractivity contribution in [3.05, 3.63) is 64.2 Å². The number of hydrogen-bond acceptors (Lipinski definition) is 6. The van der Waals surface area contributed by atoms with Gasteiger partial charge in [0.05, 0.1) is 16.6 Å². The highest BCUT2D eigenvalue weighted by Gasteiger charge is 2.24. The fraction of sp³-hybridized carbons (Fsp3) is 0.360. The highest BCUT2D eigenvalue weighted by molar-refractivity contribution is 6.34. The summed E-state index contributed by atoms with van der Waals surface area (Å²) in [5.74, 6) is -2.49. The predicted molar refractivity (Wildman–Crippen MR) is 133 cm³/mol. The van der Waals surface area contributed by atoms with E-state index in [1.165, 1.54) is 30.3 Å². The van der Waals surface area contributed by atoms with Gasteiger partial charge in [-0.1, -0.05) is 30.2 Å². The Balaban J connectivity index is 1.53. The molecule has 2 aromatic carbocycles. The molecule has 10 nitrogen and oxygen atoms in total. The molecule has 0 aliphatic carbocycles. The fourth-order valence-corrected chi connectivity index (χ4v) is 4.09. The molecule has 1 saturated heterocycles. The van der Waals surface area contributed by atoms with E-state index in [0.29, 0.717) is 5.56 Å². The first kappa shape index (κ1) is 27.0. The summed E-state index contributed by atoms with van der Waals surface area (Å²) in [7, 11) is 0. The quantitative estimate of drug-likeness (QED) is 0.281. The smallest absolute Gasteiger partial charge is 0.326 e. The van der Waals surface area contributed by atoms with Crippen LogP contribution in [0.1, 0.15) is 52.0 Å². The van der Waals surface area contributed by atoms with Gasteiger partial charge in [-0.25, -0.2) is 4.79 Å². The number of hydrogen-bond donors (Lipinski definition) is 6. The van der Waals surface area contributed by atoms with Gasteiger partial charge < -0.3 is 31.5 Å².